The van der Waals surface area contributed by atoms with Crippen LogP contribution in [0.4, 0.5) is 0 Å². The number of aliphatic hydroxyl groups is 1. The van der Waals surface area contributed by atoms with E-state index in [1.54, 1.807) is 6.92 Å². The van der Waals surface area contributed by atoms with Crippen LogP contribution in [0.2, 0.25) is 0 Å². The molecule has 1 aliphatic rings. The number of rotatable bonds is 1. The van der Waals surface area contributed by atoms with Crippen molar-refractivity contribution >= 4 is 6.29 Å². The second kappa shape index (κ2) is 3.09. The van der Waals surface area contributed by atoms with Gasteiger partial charge in [0, 0.05) is 0 Å². The predicted molar refractivity (Wildman–Crippen MR) is 32.4 cm³/mol. The molecule has 4 heteroatoms. The molecule has 0 radical (unpaired) electrons. The zero-order valence-corrected chi connectivity index (χ0v) is 5.69. The molecule has 0 amide bonds. The molecule has 10 heavy (non-hydrogen) atoms. The fourth-order valence-corrected chi connectivity index (χ4v) is 0.803. The minimum Gasteiger partial charge on any atom is -0.388 e. The van der Waals surface area contributed by atoms with E-state index in [4.69, 9.17) is 14.6 Å². The number of carbonyl (C=O) groups is 1. The summed E-state index contributed by atoms with van der Waals surface area (Å²) >= 11 is 0. The Morgan fingerprint density at radius 2 is 2.40 bits per heavy atom. The summed E-state index contributed by atoms with van der Waals surface area (Å²) in [5, 5.41) is 9.01. The quantitative estimate of drug-likeness (QED) is 0.497. The predicted octanol–water partition coefficient (Wildman–Crippen LogP) is -0.692. The Balaban J connectivity index is 2.45. The fourth-order valence-electron chi connectivity index (χ4n) is 0.803. The van der Waals surface area contributed by atoms with Crippen LogP contribution in [0, 0.1) is 0 Å². The van der Waals surface area contributed by atoms with Gasteiger partial charge in [-0.25, -0.2) is 0 Å². The Labute approximate surface area is 58.7 Å². The molecule has 0 aromatic rings. The first kappa shape index (κ1) is 7.65. The molecular weight excluding hydrogens is 136 g/mol. The lowest BCUT2D eigenvalue weighted by molar-refractivity contribution is -0.234. The van der Waals surface area contributed by atoms with Crippen LogP contribution in [0.25, 0.3) is 0 Å². The normalized spacial score (nSPS) is 41.2. The monoisotopic (exact) mass is 146 g/mol. The number of aliphatic hydroxyl groups excluding tert-OH is 1. The van der Waals surface area contributed by atoms with Crippen molar-refractivity contribution in [3.8, 4) is 0 Å². The molecule has 0 aromatic heterocycles. The SMILES string of the molecule is C[C@@H]1OC[C@@H](O)C(C=O)O1. The maximum atomic E-state index is 10.2. The lowest BCUT2D eigenvalue weighted by atomic mass is 10.2. The number of carbonyl (C=O) groups excluding carboxylic acids is 1. The fraction of sp³-hybridized carbons (Fsp3) is 0.833. The van der Waals surface area contributed by atoms with Crippen LogP contribution in [0.15, 0.2) is 0 Å². The van der Waals surface area contributed by atoms with Crippen molar-refractivity contribution < 1.29 is 19.4 Å². The average Bonchev–Trinajstić information content (AvgIpc) is 1.94. The van der Waals surface area contributed by atoms with Gasteiger partial charge < -0.3 is 19.4 Å². The van der Waals surface area contributed by atoms with E-state index in [2.05, 4.69) is 0 Å². The minimum absolute atomic E-state index is 0.171. The van der Waals surface area contributed by atoms with E-state index in [-0.39, 0.29) is 6.61 Å². The summed E-state index contributed by atoms with van der Waals surface area (Å²) in [6.07, 6.45) is -1.33. The Bertz CT molecular complexity index is 125. The van der Waals surface area contributed by atoms with Crippen molar-refractivity contribution in [1.29, 1.82) is 0 Å². The first-order chi connectivity index (χ1) is 4.74. The van der Waals surface area contributed by atoms with Gasteiger partial charge in [-0.15, -0.1) is 0 Å². The third kappa shape index (κ3) is 1.53. The summed E-state index contributed by atoms with van der Waals surface area (Å²) in [7, 11) is 0. The Hall–Kier alpha value is -0.450. The van der Waals surface area contributed by atoms with Crippen molar-refractivity contribution in [2.24, 2.45) is 0 Å². The van der Waals surface area contributed by atoms with Crippen molar-refractivity contribution in [2.75, 3.05) is 6.61 Å². The maximum Gasteiger partial charge on any atom is 0.156 e. The zero-order chi connectivity index (χ0) is 7.56. The van der Waals surface area contributed by atoms with Crippen molar-refractivity contribution in [3.63, 3.8) is 0 Å². The van der Waals surface area contributed by atoms with E-state index >= 15 is 0 Å². The van der Waals surface area contributed by atoms with Crippen LogP contribution in [-0.4, -0.2) is 36.5 Å². The van der Waals surface area contributed by atoms with Crippen molar-refractivity contribution in [2.45, 2.75) is 25.4 Å². The molecule has 0 aromatic carbocycles. The molecule has 0 bridgehead atoms. The van der Waals surface area contributed by atoms with Gasteiger partial charge in [0.1, 0.15) is 12.2 Å². The highest BCUT2D eigenvalue weighted by molar-refractivity contribution is 5.57. The highest BCUT2D eigenvalue weighted by atomic mass is 16.7. The smallest absolute Gasteiger partial charge is 0.156 e. The van der Waals surface area contributed by atoms with Crippen LogP contribution >= 0.6 is 0 Å². The number of aldehydes is 1. The molecule has 3 atom stereocenters. The summed E-state index contributed by atoms with van der Waals surface area (Å²) in [5.41, 5.74) is 0. The van der Waals surface area contributed by atoms with Crippen molar-refractivity contribution in [1.82, 2.24) is 0 Å². The lowest BCUT2D eigenvalue weighted by Gasteiger charge is -2.28. The molecule has 0 aliphatic carbocycles. The standard InChI is InChI=1S/C6H10O4/c1-4-9-3-5(8)6(2-7)10-4/h2,4-6,8H,3H2,1H3/t4-,5-,6?/m1/s1. The van der Waals surface area contributed by atoms with Gasteiger partial charge in [-0.1, -0.05) is 0 Å². The third-order valence-corrected chi connectivity index (χ3v) is 1.36. The molecule has 1 aliphatic heterocycles. The summed E-state index contributed by atoms with van der Waals surface area (Å²) in [6.45, 7) is 1.85. The molecule has 1 rings (SSSR count). The molecule has 1 saturated heterocycles. The van der Waals surface area contributed by atoms with Gasteiger partial charge in [0.15, 0.2) is 12.6 Å². The van der Waals surface area contributed by atoms with Gasteiger partial charge in [0.25, 0.3) is 0 Å². The highest BCUT2D eigenvalue weighted by Gasteiger charge is 2.27. The van der Waals surface area contributed by atoms with Gasteiger partial charge in [0.2, 0.25) is 0 Å². The van der Waals surface area contributed by atoms with Gasteiger partial charge in [-0.05, 0) is 6.92 Å². The first-order valence-corrected chi connectivity index (χ1v) is 3.14. The summed E-state index contributed by atoms with van der Waals surface area (Å²) in [4.78, 5) is 10.2. The molecule has 1 fully saturated rings. The van der Waals surface area contributed by atoms with E-state index in [9.17, 15) is 4.79 Å². The van der Waals surface area contributed by atoms with Crippen LogP contribution in [0.1, 0.15) is 6.92 Å². The van der Waals surface area contributed by atoms with E-state index in [1.165, 1.54) is 0 Å². The second-order valence-electron chi connectivity index (χ2n) is 2.21. The van der Waals surface area contributed by atoms with Gasteiger partial charge in [-0.2, -0.15) is 0 Å². The summed E-state index contributed by atoms with van der Waals surface area (Å²) < 4.78 is 9.80. The zero-order valence-electron chi connectivity index (χ0n) is 5.69. The topological polar surface area (TPSA) is 55.8 Å². The van der Waals surface area contributed by atoms with Gasteiger partial charge in [-0.3, -0.25) is 0 Å². The van der Waals surface area contributed by atoms with Gasteiger partial charge in [0.05, 0.1) is 6.61 Å². The largest absolute Gasteiger partial charge is 0.388 e. The molecule has 4 nitrogen and oxygen atoms in total. The van der Waals surface area contributed by atoms with Crippen LogP contribution in [0.3, 0.4) is 0 Å². The molecular formula is C6H10O4. The Morgan fingerprint density at radius 1 is 1.70 bits per heavy atom. The van der Waals surface area contributed by atoms with Crippen LogP contribution < -0.4 is 0 Å². The Morgan fingerprint density at radius 3 is 2.90 bits per heavy atom. The number of hydrogen-bond acceptors (Lipinski definition) is 4. The molecule has 0 saturated carbocycles. The Kier molecular flexibility index (Phi) is 2.37. The molecule has 1 N–H and O–H groups in total. The second-order valence-corrected chi connectivity index (χ2v) is 2.21. The summed E-state index contributed by atoms with van der Waals surface area (Å²) in [5.74, 6) is 0. The van der Waals surface area contributed by atoms with E-state index in [1.807, 2.05) is 0 Å². The third-order valence-electron chi connectivity index (χ3n) is 1.36. The lowest BCUT2D eigenvalue weighted by Crippen LogP contribution is -2.43. The molecule has 58 valence electrons. The maximum absolute atomic E-state index is 10.2. The molecule has 1 unspecified atom stereocenters. The summed E-state index contributed by atoms with van der Waals surface area (Å²) in [6, 6.07) is 0. The van der Waals surface area contributed by atoms with E-state index < -0.39 is 18.5 Å². The first-order valence-electron chi connectivity index (χ1n) is 3.14. The molecule has 0 spiro atoms. The number of hydrogen-bond donors (Lipinski definition) is 1. The van der Waals surface area contributed by atoms with E-state index in [0.717, 1.165) is 0 Å². The van der Waals surface area contributed by atoms with Gasteiger partial charge >= 0.3 is 0 Å². The van der Waals surface area contributed by atoms with E-state index in [0.29, 0.717) is 6.29 Å². The number of ether oxygens (including phenoxy) is 2. The average molecular weight is 146 g/mol. The highest BCUT2D eigenvalue weighted by Crippen LogP contribution is 2.10. The van der Waals surface area contributed by atoms with Crippen LogP contribution in [-0.2, 0) is 14.3 Å². The van der Waals surface area contributed by atoms with Crippen LogP contribution in [0.5, 0.6) is 0 Å². The van der Waals surface area contributed by atoms with Crippen molar-refractivity contribution in [3.05, 3.63) is 0 Å². The molecule has 1 heterocycles. The minimum atomic E-state index is -0.811.